The molecule has 1 amide bonds. The van der Waals surface area contributed by atoms with Crippen molar-refractivity contribution in [1.82, 2.24) is 38.6 Å². The van der Waals surface area contributed by atoms with Crippen molar-refractivity contribution in [2.45, 2.75) is 12.7 Å². The van der Waals surface area contributed by atoms with Crippen molar-refractivity contribution < 1.29 is 18.0 Å². The fourth-order valence-electron chi connectivity index (χ4n) is 3.87. The fourth-order valence-corrected chi connectivity index (χ4v) is 3.87. The van der Waals surface area contributed by atoms with E-state index in [1.165, 1.54) is 59.1 Å². The van der Waals surface area contributed by atoms with Crippen molar-refractivity contribution in [3.63, 3.8) is 0 Å². The molecule has 0 unspecified atom stereocenters. The van der Waals surface area contributed by atoms with Crippen molar-refractivity contribution in [2.75, 3.05) is 23.3 Å². The predicted molar refractivity (Wildman–Crippen MR) is 124 cm³/mol. The average Bonchev–Trinajstić information content (AvgIpc) is 3.23. The summed E-state index contributed by atoms with van der Waals surface area (Å²) in [5.41, 5.74) is -0.459. The van der Waals surface area contributed by atoms with Crippen LogP contribution >= 0.6 is 0 Å². The van der Waals surface area contributed by atoms with Crippen molar-refractivity contribution >= 4 is 28.8 Å². The van der Waals surface area contributed by atoms with Crippen LogP contribution in [0, 0.1) is 5.92 Å². The molecule has 1 saturated heterocycles. The van der Waals surface area contributed by atoms with Crippen LogP contribution in [-0.4, -0.2) is 63.8 Å². The minimum Gasteiger partial charge on any atom is -0.339 e. The Hall–Kier alpha value is -4.63. The maximum atomic E-state index is 12.7. The Morgan fingerprint density at radius 3 is 2.46 bits per heavy atom. The molecule has 192 valence electrons. The lowest BCUT2D eigenvalue weighted by molar-refractivity contribution is -0.180. The van der Waals surface area contributed by atoms with Crippen LogP contribution in [0.4, 0.5) is 24.9 Å². The monoisotopic (exact) mass is 516 g/mol. The standard InChI is InChI=1S/C21H19F3N10O3/c1-31-17-15(18(36)32(2)20(31)37)34(10-28-17)9-14(35)29-13-3-4-25-16(30-13)11-5-26-19(27-6-11)33-7-12(8-33)21(22,23)24/h3-6,10,12H,7-9H2,1-2H3,(H,25,29,30,35). The van der Waals surface area contributed by atoms with E-state index in [0.717, 1.165) is 4.57 Å². The lowest BCUT2D eigenvalue weighted by atomic mass is 10.0. The molecule has 1 aliphatic rings. The lowest BCUT2D eigenvalue weighted by Gasteiger charge is -2.39. The largest absolute Gasteiger partial charge is 0.395 e. The van der Waals surface area contributed by atoms with Crippen molar-refractivity contribution in [3.05, 3.63) is 51.8 Å². The lowest BCUT2D eigenvalue weighted by Crippen LogP contribution is -2.54. The molecular formula is C21H19F3N10O3. The van der Waals surface area contributed by atoms with Crippen molar-refractivity contribution in [3.8, 4) is 11.4 Å². The summed E-state index contributed by atoms with van der Waals surface area (Å²) in [6.45, 7) is -0.666. The summed E-state index contributed by atoms with van der Waals surface area (Å²) < 4.78 is 41.6. The zero-order valence-corrected chi connectivity index (χ0v) is 19.5. The van der Waals surface area contributed by atoms with Gasteiger partial charge in [0.15, 0.2) is 17.0 Å². The van der Waals surface area contributed by atoms with E-state index in [0.29, 0.717) is 5.56 Å². The van der Waals surface area contributed by atoms with Gasteiger partial charge in [-0.25, -0.2) is 29.7 Å². The number of halogens is 3. The Morgan fingerprint density at radius 2 is 1.78 bits per heavy atom. The van der Waals surface area contributed by atoms with Crippen LogP contribution in [0.5, 0.6) is 0 Å². The Bertz CT molecular complexity index is 1620. The Labute approximate surface area is 205 Å². The molecule has 0 aromatic carbocycles. The number of alkyl halides is 3. The van der Waals surface area contributed by atoms with Crippen LogP contribution < -0.4 is 21.5 Å². The molecule has 0 spiro atoms. The number of aromatic nitrogens is 8. The topological polar surface area (TPSA) is 146 Å². The number of anilines is 2. The number of amides is 1. The van der Waals surface area contributed by atoms with Gasteiger partial charge in [0.2, 0.25) is 11.9 Å². The number of aryl methyl sites for hydroxylation is 1. The Balaban J connectivity index is 1.29. The molecule has 0 saturated carbocycles. The Morgan fingerprint density at radius 1 is 1.08 bits per heavy atom. The summed E-state index contributed by atoms with van der Waals surface area (Å²) in [7, 11) is 2.81. The van der Waals surface area contributed by atoms with Gasteiger partial charge in [0.05, 0.1) is 17.8 Å². The van der Waals surface area contributed by atoms with E-state index >= 15 is 0 Å². The van der Waals surface area contributed by atoms with E-state index in [4.69, 9.17) is 0 Å². The van der Waals surface area contributed by atoms with E-state index in [2.05, 4.69) is 30.2 Å². The molecule has 5 heterocycles. The molecule has 0 aliphatic carbocycles. The van der Waals surface area contributed by atoms with Crippen molar-refractivity contribution in [1.29, 1.82) is 0 Å². The quantitative estimate of drug-likeness (QED) is 0.396. The summed E-state index contributed by atoms with van der Waals surface area (Å²) in [4.78, 5) is 59.4. The molecule has 37 heavy (non-hydrogen) atoms. The van der Waals surface area contributed by atoms with Gasteiger partial charge in [-0.15, -0.1) is 0 Å². The first-order valence-electron chi connectivity index (χ1n) is 10.9. The van der Waals surface area contributed by atoms with Gasteiger partial charge in [0.25, 0.3) is 5.56 Å². The molecule has 5 rings (SSSR count). The van der Waals surface area contributed by atoms with Crippen LogP contribution in [0.25, 0.3) is 22.6 Å². The number of fused-ring (bicyclic) bond motifs is 1. The number of nitrogens with one attached hydrogen (secondary N) is 1. The number of carbonyl (C=O) groups excluding carboxylic acids is 1. The zero-order chi connectivity index (χ0) is 26.5. The molecular weight excluding hydrogens is 497 g/mol. The average molecular weight is 516 g/mol. The number of imidazole rings is 1. The van der Waals surface area contributed by atoms with Crippen LogP contribution in [0.1, 0.15) is 0 Å². The van der Waals surface area contributed by atoms with E-state index in [-0.39, 0.29) is 48.4 Å². The molecule has 13 nitrogen and oxygen atoms in total. The SMILES string of the molecule is Cn1c(=O)c2c(ncn2CC(=O)Nc2ccnc(-c3cnc(N4CC(C(F)(F)F)C4)nc3)n2)n(C)c1=O. The first-order valence-corrected chi connectivity index (χ1v) is 10.9. The maximum absolute atomic E-state index is 12.7. The molecule has 1 N–H and O–H groups in total. The third-order valence-corrected chi connectivity index (χ3v) is 5.98. The highest BCUT2D eigenvalue weighted by Crippen LogP contribution is 2.35. The van der Waals surface area contributed by atoms with Gasteiger partial charge in [-0.2, -0.15) is 13.2 Å². The van der Waals surface area contributed by atoms with Gasteiger partial charge in [0, 0.05) is 45.8 Å². The second-order valence-corrected chi connectivity index (χ2v) is 8.48. The minimum atomic E-state index is -4.24. The number of hydrogen-bond acceptors (Lipinski definition) is 9. The van der Waals surface area contributed by atoms with Crippen LogP contribution in [0.3, 0.4) is 0 Å². The van der Waals surface area contributed by atoms with Crippen LogP contribution in [0.15, 0.2) is 40.6 Å². The highest BCUT2D eigenvalue weighted by atomic mass is 19.4. The molecule has 0 atom stereocenters. The maximum Gasteiger partial charge on any atom is 0.395 e. The van der Waals surface area contributed by atoms with Gasteiger partial charge in [0.1, 0.15) is 12.4 Å². The van der Waals surface area contributed by atoms with Crippen molar-refractivity contribution in [2.24, 2.45) is 20.0 Å². The highest BCUT2D eigenvalue weighted by molar-refractivity contribution is 5.90. The molecule has 0 radical (unpaired) electrons. The minimum absolute atomic E-state index is 0.101. The highest BCUT2D eigenvalue weighted by Gasteiger charge is 2.47. The fraction of sp³-hybridized carbons (Fsp3) is 0.333. The zero-order valence-electron chi connectivity index (χ0n) is 19.5. The molecule has 4 aromatic rings. The Kier molecular flexibility index (Phi) is 5.72. The summed E-state index contributed by atoms with van der Waals surface area (Å²) in [6, 6.07) is 1.46. The molecule has 4 aromatic heterocycles. The van der Waals surface area contributed by atoms with Crippen LogP contribution in [0.2, 0.25) is 0 Å². The second kappa shape index (κ2) is 8.79. The number of carbonyl (C=O) groups is 1. The first-order chi connectivity index (χ1) is 17.5. The predicted octanol–water partition coefficient (Wildman–Crippen LogP) is 0.318. The van der Waals surface area contributed by atoms with Gasteiger partial charge in [-0.05, 0) is 6.07 Å². The summed E-state index contributed by atoms with van der Waals surface area (Å²) in [6.07, 6.45) is 1.25. The van der Waals surface area contributed by atoms with E-state index in [9.17, 15) is 27.6 Å². The van der Waals surface area contributed by atoms with E-state index < -0.39 is 29.3 Å². The molecule has 1 fully saturated rings. The number of nitrogens with zero attached hydrogens (tertiary/aromatic N) is 9. The summed E-state index contributed by atoms with van der Waals surface area (Å²) in [5.74, 6) is -1.37. The smallest absolute Gasteiger partial charge is 0.339 e. The van der Waals surface area contributed by atoms with Gasteiger partial charge in [-0.1, -0.05) is 0 Å². The third kappa shape index (κ3) is 4.41. The first kappa shape index (κ1) is 24.1. The van der Waals surface area contributed by atoms with Crippen LogP contribution in [-0.2, 0) is 25.4 Å². The summed E-state index contributed by atoms with van der Waals surface area (Å²) >= 11 is 0. The number of hydrogen-bond donors (Lipinski definition) is 1. The third-order valence-electron chi connectivity index (χ3n) is 5.98. The molecule has 1 aliphatic heterocycles. The van der Waals surface area contributed by atoms with Gasteiger partial charge >= 0.3 is 11.9 Å². The molecule has 0 bridgehead atoms. The van der Waals surface area contributed by atoms with E-state index in [1.807, 2.05) is 0 Å². The van der Waals surface area contributed by atoms with E-state index in [1.54, 1.807) is 0 Å². The molecule has 16 heteroatoms. The van der Waals surface area contributed by atoms with Gasteiger partial charge in [-0.3, -0.25) is 18.7 Å². The normalized spacial score (nSPS) is 14.1. The number of rotatable bonds is 5. The second-order valence-electron chi connectivity index (χ2n) is 8.48. The van der Waals surface area contributed by atoms with Gasteiger partial charge < -0.3 is 14.8 Å². The summed E-state index contributed by atoms with van der Waals surface area (Å²) in [5, 5.41) is 2.61.